The van der Waals surface area contributed by atoms with E-state index in [-0.39, 0.29) is 12.5 Å². The summed E-state index contributed by atoms with van der Waals surface area (Å²) in [5.41, 5.74) is 4.91. The highest BCUT2D eigenvalue weighted by Gasteiger charge is 1.98. The number of amides is 1. The lowest BCUT2D eigenvalue weighted by Gasteiger charge is -1.95. The molecule has 66 valence electrons. The zero-order valence-electron chi connectivity index (χ0n) is 6.82. The predicted molar refractivity (Wildman–Crippen MR) is 41.9 cm³/mol. The van der Waals surface area contributed by atoms with Gasteiger partial charge >= 0.3 is 0 Å². The lowest BCUT2D eigenvalue weighted by Crippen LogP contribution is -2.28. The second-order valence-corrected chi connectivity index (χ2v) is 2.40. The Balaban J connectivity index is 2.29. The van der Waals surface area contributed by atoms with Gasteiger partial charge < -0.3 is 11.1 Å². The van der Waals surface area contributed by atoms with Crippen LogP contribution in [0.5, 0.6) is 0 Å². The molecule has 0 aliphatic carbocycles. The van der Waals surface area contributed by atoms with Crippen molar-refractivity contribution >= 4 is 5.91 Å². The number of aromatic nitrogens is 3. The maximum atomic E-state index is 10.3. The van der Waals surface area contributed by atoms with E-state index in [0.717, 1.165) is 0 Å². The molecule has 0 aliphatic rings. The molecule has 0 saturated carbocycles. The van der Waals surface area contributed by atoms with Gasteiger partial charge in [0.25, 0.3) is 0 Å². The van der Waals surface area contributed by atoms with Gasteiger partial charge in [0, 0.05) is 7.05 Å². The molecule has 0 aromatic carbocycles. The van der Waals surface area contributed by atoms with Crippen molar-refractivity contribution < 1.29 is 4.79 Å². The zero-order valence-corrected chi connectivity index (χ0v) is 6.82. The maximum Gasteiger partial charge on any atom is 0.231 e. The fraction of sp³-hybridized carbons (Fsp3) is 0.500. The van der Waals surface area contributed by atoms with Crippen LogP contribution in [0.25, 0.3) is 0 Å². The molecule has 0 aliphatic heterocycles. The molecule has 0 saturated heterocycles. The number of hydrogen-bond acceptors (Lipinski definition) is 4. The van der Waals surface area contributed by atoms with Crippen LogP contribution in [0.4, 0.5) is 0 Å². The van der Waals surface area contributed by atoms with Crippen molar-refractivity contribution in [3.63, 3.8) is 0 Å². The van der Waals surface area contributed by atoms with E-state index in [0.29, 0.717) is 12.4 Å². The summed E-state index contributed by atoms with van der Waals surface area (Å²) in [6.45, 7) is 0.613. The molecule has 1 amide bonds. The number of primary amides is 1. The Bertz CT molecular complexity index is 269. The zero-order chi connectivity index (χ0) is 8.97. The summed E-state index contributed by atoms with van der Waals surface area (Å²) < 4.78 is 1.60. The van der Waals surface area contributed by atoms with Gasteiger partial charge in [-0.25, -0.2) is 4.98 Å². The molecule has 6 nitrogen and oxygen atoms in total. The summed E-state index contributed by atoms with van der Waals surface area (Å²) in [6.07, 6.45) is 1.60. The fourth-order valence-corrected chi connectivity index (χ4v) is 0.762. The van der Waals surface area contributed by atoms with Crippen LogP contribution < -0.4 is 11.1 Å². The number of aryl methyl sites for hydroxylation is 1. The van der Waals surface area contributed by atoms with Gasteiger partial charge in [0.1, 0.15) is 6.33 Å². The van der Waals surface area contributed by atoms with Gasteiger partial charge in [-0.15, -0.1) is 0 Å². The van der Waals surface area contributed by atoms with Gasteiger partial charge in [-0.05, 0) is 0 Å². The molecule has 1 rings (SSSR count). The van der Waals surface area contributed by atoms with Crippen LogP contribution in [-0.4, -0.2) is 27.2 Å². The second kappa shape index (κ2) is 3.82. The molecule has 1 aromatic rings. The first-order chi connectivity index (χ1) is 5.68. The van der Waals surface area contributed by atoms with E-state index < -0.39 is 0 Å². The Morgan fingerprint density at radius 3 is 3.08 bits per heavy atom. The SMILES string of the molecule is Cn1cnc(CNCC(N)=O)n1. The summed E-state index contributed by atoms with van der Waals surface area (Å²) in [6, 6.07) is 0. The monoisotopic (exact) mass is 169 g/mol. The number of hydrogen-bond donors (Lipinski definition) is 2. The molecule has 0 atom stereocenters. The summed E-state index contributed by atoms with van der Waals surface area (Å²) in [7, 11) is 1.78. The lowest BCUT2D eigenvalue weighted by atomic mass is 10.5. The van der Waals surface area contributed by atoms with Crippen LogP contribution in [0, 0.1) is 0 Å². The first kappa shape index (κ1) is 8.66. The van der Waals surface area contributed by atoms with Crippen molar-refractivity contribution in [3.8, 4) is 0 Å². The smallest absolute Gasteiger partial charge is 0.231 e. The third-order valence-electron chi connectivity index (χ3n) is 1.23. The Hall–Kier alpha value is -1.43. The molecule has 0 spiro atoms. The predicted octanol–water partition coefficient (Wildman–Crippen LogP) is -1.61. The fourth-order valence-electron chi connectivity index (χ4n) is 0.762. The topological polar surface area (TPSA) is 85.8 Å². The third-order valence-corrected chi connectivity index (χ3v) is 1.23. The van der Waals surface area contributed by atoms with Crippen LogP contribution in [-0.2, 0) is 18.4 Å². The molecule has 0 fully saturated rings. The maximum absolute atomic E-state index is 10.3. The van der Waals surface area contributed by atoms with E-state index in [4.69, 9.17) is 5.73 Å². The van der Waals surface area contributed by atoms with Gasteiger partial charge in [-0.3, -0.25) is 9.48 Å². The molecule has 1 aromatic heterocycles. The van der Waals surface area contributed by atoms with Crippen LogP contribution in [0.3, 0.4) is 0 Å². The number of nitrogens with one attached hydrogen (secondary N) is 1. The average molecular weight is 169 g/mol. The minimum Gasteiger partial charge on any atom is -0.369 e. The van der Waals surface area contributed by atoms with Crippen molar-refractivity contribution in [2.24, 2.45) is 12.8 Å². The van der Waals surface area contributed by atoms with Crippen LogP contribution in [0.2, 0.25) is 0 Å². The highest BCUT2D eigenvalue weighted by Crippen LogP contribution is 1.85. The molecular weight excluding hydrogens is 158 g/mol. The van der Waals surface area contributed by atoms with Crippen molar-refractivity contribution in [2.45, 2.75) is 6.54 Å². The molecule has 0 unspecified atom stereocenters. The van der Waals surface area contributed by atoms with Crippen LogP contribution >= 0.6 is 0 Å². The number of carbonyl (C=O) groups excluding carboxylic acids is 1. The van der Waals surface area contributed by atoms with Gasteiger partial charge in [-0.1, -0.05) is 0 Å². The van der Waals surface area contributed by atoms with E-state index in [1.165, 1.54) is 0 Å². The number of carbonyl (C=O) groups is 1. The lowest BCUT2D eigenvalue weighted by molar-refractivity contribution is -0.117. The Morgan fingerprint density at radius 1 is 1.83 bits per heavy atom. The van der Waals surface area contributed by atoms with Crippen molar-refractivity contribution in [1.82, 2.24) is 20.1 Å². The van der Waals surface area contributed by atoms with Gasteiger partial charge in [0.05, 0.1) is 13.1 Å². The first-order valence-electron chi connectivity index (χ1n) is 3.52. The largest absolute Gasteiger partial charge is 0.369 e. The van der Waals surface area contributed by atoms with E-state index in [1.807, 2.05) is 0 Å². The van der Waals surface area contributed by atoms with Crippen LogP contribution in [0.1, 0.15) is 5.82 Å². The average Bonchev–Trinajstić information content (AvgIpc) is 2.35. The summed E-state index contributed by atoms with van der Waals surface area (Å²) in [4.78, 5) is 14.3. The second-order valence-electron chi connectivity index (χ2n) is 2.40. The summed E-state index contributed by atoms with van der Waals surface area (Å²) >= 11 is 0. The Morgan fingerprint density at radius 2 is 2.58 bits per heavy atom. The van der Waals surface area contributed by atoms with E-state index in [2.05, 4.69) is 15.4 Å². The molecule has 3 N–H and O–H groups in total. The van der Waals surface area contributed by atoms with Gasteiger partial charge in [0.15, 0.2) is 5.82 Å². The van der Waals surface area contributed by atoms with Crippen molar-refractivity contribution in [2.75, 3.05) is 6.54 Å². The van der Waals surface area contributed by atoms with E-state index in [1.54, 1.807) is 18.1 Å². The standard InChI is InChI=1S/C6H11N5O/c1-11-4-9-6(10-11)3-8-2-5(7)12/h4,8H,2-3H2,1H3,(H2,7,12). The van der Waals surface area contributed by atoms with Crippen molar-refractivity contribution in [1.29, 1.82) is 0 Å². The highest BCUT2D eigenvalue weighted by atomic mass is 16.1. The quantitative estimate of drug-likeness (QED) is 0.567. The Kier molecular flexibility index (Phi) is 2.76. The van der Waals surface area contributed by atoms with E-state index in [9.17, 15) is 4.79 Å². The molecule has 0 radical (unpaired) electrons. The normalized spacial score (nSPS) is 10.1. The molecule has 1 heterocycles. The Labute approximate surface area is 69.8 Å². The number of rotatable bonds is 4. The minimum atomic E-state index is -0.383. The number of nitrogens with two attached hydrogens (primary N) is 1. The minimum absolute atomic E-state index is 0.151. The molecule has 12 heavy (non-hydrogen) atoms. The molecular formula is C6H11N5O. The van der Waals surface area contributed by atoms with Crippen molar-refractivity contribution in [3.05, 3.63) is 12.2 Å². The van der Waals surface area contributed by atoms with Gasteiger partial charge in [-0.2, -0.15) is 5.10 Å². The van der Waals surface area contributed by atoms with Gasteiger partial charge in [0.2, 0.25) is 5.91 Å². The van der Waals surface area contributed by atoms with E-state index >= 15 is 0 Å². The molecule has 6 heteroatoms. The summed E-state index contributed by atoms with van der Waals surface area (Å²) in [5.74, 6) is 0.268. The molecule has 0 bridgehead atoms. The third kappa shape index (κ3) is 2.67. The summed E-state index contributed by atoms with van der Waals surface area (Å²) in [5, 5.41) is 6.80. The van der Waals surface area contributed by atoms with Crippen LogP contribution in [0.15, 0.2) is 6.33 Å². The highest BCUT2D eigenvalue weighted by molar-refractivity contribution is 5.75. The number of nitrogens with zero attached hydrogens (tertiary/aromatic N) is 3. The first-order valence-corrected chi connectivity index (χ1v) is 3.52.